The van der Waals surface area contributed by atoms with E-state index in [2.05, 4.69) is 26.3 Å². The van der Waals surface area contributed by atoms with E-state index in [1.807, 2.05) is 25.1 Å². The number of anilines is 2. The molecule has 0 amide bonds. The van der Waals surface area contributed by atoms with Gasteiger partial charge in [-0.3, -0.25) is 0 Å². The van der Waals surface area contributed by atoms with E-state index in [0.717, 1.165) is 36.7 Å². The molecule has 3 rings (SSSR count). The molecule has 0 bridgehead atoms. The van der Waals surface area contributed by atoms with E-state index in [1.54, 1.807) is 12.4 Å². The largest absolute Gasteiger partial charge is 0.369 e. The molecular formula is C16H16ClN5. The summed E-state index contributed by atoms with van der Waals surface area (Å²) >= 11 is 6.08. The first kappa shape index (κ1) is 14.6. The van der Waals surface area contributed by atoms with Gasteiger partial charge in [0.1, 0.15) is 12.1 Å². The molecule has 1 aromatic carbocycles. The van der Waals surface area contributed by atoms with Crippen molar-refractivity contribution in [3.05, 3.63) is 46.9 Å². The summed E-state index contributed by atoms with van der Waals surface area (Å²) in [6.07, 6.45) is 2.58. The topological polar surface area (TPSA) is 64.8 Å². The number of aryl methyl sites for hydroxylation is 1. The number of halogens is 1. The fraction of sp³-hybridized carbons (Fsp3) is 0.312. The Kier molecular flexibility index (Phi) is 4.12. The van der Waals surface area contributed by atoms with Crippen LogP contribution in [-0.2, 0) is 0 Å². The van der Waals surface area contributed by atoms with Crippen LogP contribution >= 0.6 is 11.6 Å². The molecule has 0 aliphatic carbocycles. The van der Waals surface area contributed by atoms with Gasteiger partial charge in [-0.15, -0.1) is 0 Å². The number of rotatable bonds is 3. The van der Waals surface area contributed by atoms with Gasteiger partial charge >= 0.3 is 0 Å². The van der Waals surface area contributed by atoms with Crippen LogP contribution in [0.5, 0.6) is 0 Å². The molecule has 1 fully saturated rings. The Morgan fingerprint density at radius 1 is 1.32 bits per heavy atom. The van der Waals surface area contributed by atoms with Gasteiger partial charge in [0.2, 0.25) is 0 Å². The zero-order chi connectivity index (χ0) is 15.5. The summed E-state index contributed by atoms with van der Waals surface area (Å²) in [6.45, 7) is 3.73. The van der Waals surface area contributed by atoms with Crippen molar-refractivity contribution in [3.8, 4) is 6.07 Å². The molecule has 5 nitrogen and oxygen atoms in total. The number of hydrogen-bond donors (Lipinski definition) is 1. The second kappa shape index (κ2) is 6.20. The van der Waals surface area contributed by atoms with Crippen molar-refractivity contribution in [2.75, 3.05) is 23.3 Å². The molecule has 2 heterocycles. The van der Waals surface area contributed by atoms with Gasteiger partial charge in [-0.2, -0.15) is 5.26 Å². The second-order valence-electron chi connectivity index (χ2n) is 5.43. The molecule has 1 aliphatic heterocycles. The quantitative estimate of drug-likeness (QED) is 0.943. The summed E-state index contributed by atoms with van der Waals surface area (Å²) in [5.41, 5.74) is 2.53. The minimum atomic E-state index is 0.318. The zero-order valence-corrected chi connectivity index (χ0v) is 13.0. The molecule has 1 saturated heterocycles. The molecule has 1 N–H and O–H groups in total. The Bertz CT molecular complexity index is 725. The lowest BCUT2D eigenvalue weighted by atomic mass is 10.2. The van der Waals surface area contributed by atoms with Crippen molar-refractivity contribution in [1.82, 2.24) is 9.97 Å². The van der Waals surface area contributed by atoms with Crippen molar-refractivity contribution in [2.24, 2.45) is 0 Å². The summed E-state index contributed by atoms with van der Waals surface area (Å²) < 4.78 is 0. The van der Waals surface area contributed by atoms with Gasteiger partial charge in [-0.25, -0.2) is 9.97 Å². The summed E-state index contributed by atoms with van der Waals surface area (Å²) in [5, 5.41) is 13.1. The Hall–Kier alpha value is -2.32. The summed E-state index contributed by atoms with van der Waals surface area (Å²) in [7, 11) is 0. The van der Waals surface area contributed by atoms with Gasteiger partial charge in [0.25, 0.3) is 0 Å². The average molecular weight is 314 g/mol. The van der Waals surface area contributed by atoms with Gasteiger partial charge < -0.3 is 10.2 Å². The Balaban J connectivity index is 1.70. The Morgan fingerprint density at radius 2 is 2.18 bits per heavy atom. The van der Waals surface area contributed by atoms with Gasteiger partial charge in [0, 0.05) is 41.6 Å². The molecule has 0 saturated carbocycles. The monoisotopic (exact) mass is 313 g/mol. The number of nitrogens with zero attached hydrogens (tertiary/aromatic N) is 4. The Morgan fingerprint density at radius 3 is 2.95 bits per heavy atom. The lowest BCUT2D eigenvalue weighted by Gasteiger charge is -2.20. The molecule has 0 radical (unpaired) electrons. The van der Waals surface area contributed by atoms with E-state index >= 15 is 0 Å². The molecule has 6 heteroatoms. The smallest absolute Gasteiger partial charge is 0.129 e. The van der Waals surface area contributed by atoms with Crippen LogP contribution in [0.3, 0.4) is 0 Å². The van der Waals surface area contributed by atoms with Crippen LogP contribution in [0, 0.1) is 18.3 Å². The predicted molar refractivity (Wildman–Crippen MR) is 87.2 cm³/mol. The van der Waals surface area contributed by atoms with Crippen molar-refractivity contribution in [1.29, 1.82) is 5.26 Å². The molecule has 112 valence electrons. The minimum absolute atomic E-state index is 0.318. The lowest BCUT2D eigenvalue weighted by Crippen LogP contribution is -2.26. The lowest BCUT2D eigenvalue weighted by molar-refractivity contribution is 0.798. The van der Waals surface area contributed by atoms with Gasteiger partial charge in [0.05, 0.1) is 11.6 Å². The van der Waals surface area contributed by atoms with E-state index < -0.39 is 0 Å². The highest BCUT2D eigenvalue weighted by Crippen LogP contribution is 2.26. The third kappa shape index (κ3) is 3.29. The predicted octanol–water partition coefficient (Wildman–Crippen LogP) is 3.00. The maximum atomic E-state index is 9.05. The first-order valence-electron chi connectivity index (χ1n) is 7.15. The maximum absolute atomic E-state index is 9.05. The molecular weight excluding hydrogens is 298 g/mol. The minimum Gasteiger partial charge on any atom is -0.369 e. The molecule has 0 spiro atoms. The van der Waals surface area contributed by atoms with E-state index in [-0.39, 0.29) is 0 Å². The molecule has 1 atom stereocenters. The SMILES string of the molecule is Cc1cc(NC2CCN(c3cc(Cl)cc(C#N)c3)C2)ncn1. The van der Waals surface area contributed by atoms with Crippen LogP contribution in [0.4, 0.5) is 11.5 Å². The number of benzene rings is 1. The number of nitriles is 1. The molecule has 1 unspecified atom stereocenters. The van der Waals surface area contributed by atoms with Gasteiger partial charge in [-0.05, 0) is 31.5 Å². The second-order valence-corrected chi connectivity index (χ2v) is 5.87. The van der Waals surface area contributed by atoms with E-state index in [9.17, 15) is 0 Å². The normalized spacial score (nSPS) is 17.3. The van der Waals surface area contributed by atoms with Crippen LogP contribution in [0.15, 0.2) is 30.6 Å². The van der Waals surface area contributed by atoms with Crippen molar-refractivity contribution < 1.29 is 0 Å². The van der Waals surface area contributed by atoms with Crippen molar-refractivity contribution >= 4 is 23.1 Å². The highest BCUT2D eigenvalue weighted by Gasteiger charge is 2.23. The van der Waals surface area contributed by atoms with Crippen LogP contribution in [-0.4, -0.2) is 29.1 Å². The fourth-order valence-corrected chi connectivity index (χ4v) is 2.91. The third-order valence-corrected chi connectivity index (χ3v) is 3.94. The third-order valence-electron chi connectivity index (χ3n) is 3.72. The molecule has 1 aromatic heterocycles. The standard InChI is InChI=1S/C16H16ClN5/c1-11-4-16(20-10-19-11)21-14-2-3-22(9-14)15-6-12(8-18)5-13(17)7-15/h4-7,10,14H,2-3,9H2,1H3,(H,19,20,21). The van der Waals surface area contributed by atoms with Crippen molar-refractivity contribution in [3.63, 3.8) is 0 Å². The van der Waals surface area contributed by atoms with Crippen LogP contribution in [0.2, 0.25) is 5.02 Å². The van der Waals surface area contributed by atoms with Crippen molar-refractivity contribution in [2.45, 2.75) is 19.4 Å². The first-order chi connectivity index (χ1) is 10.6. The fourth-order valence-electron chi connectivity index (χ4n) is 2.68. The van der Waals surface area contributed by atoms with E-state index in [4.69, 9.17) is 16.9 Å². The maximum Gasteiger partial charge on any atom is 0.129 e. The summed E-state index contributed by atoms with van der Waals surface area (Å²) in [5.74, 6) is 0.850. The number of hydrogen-bond acceptors (Lipinski definition) is 5. The Labute approximate surface area is 134 Å². The van der Waals surface area contributed by atoms with E-state index in [0.29, 0.717) is 16.6 Å². The summed E-state index contributed by atoms with van der Waals surface area (Å²) in [4.78, 5) is 10.6. The number of aromatic nitrogens is 2. The average Bonchev–Trinajstić information content (AvgIpc) is 2.95. The van der Waals surface area contributed by atoms with E-state index in [1.165, 1.54) is 0 Å². The highest BCUT2D eigenvalue weighted by molar-refractivity contribution is 6.31. The zero-order valence-electron chi connectivity index (χ0n) is 12.3. The van der Waals surface area contributed by atoms with Crippen LogP contribution < -0.4 is 10.2 Å². The molecule has 2 aromatic rings. The van der Waals surface area contributed by atoms with Gasteiger partial charge in [-0.1, -0.05) is 11.6 Å². The number of nitrogens with one attached hydrogen (secondary N) is 1. The van der Waals surface area contributed by atoms with Crippen LogP contribution in [0.25, 0.3) is 0 Å². The van der Waals surface area contributed by atoms with Gasteiger partial charge in [0.15, 0.2) is 0 Å². The molecule has 1 aliphatic rings. The summed E-state index contributed by atoms with van der Waals surface area (Å²) in [6, 6.07) is 9.87. The molecule has 22 heavy (non-hydrogen) atoms. The van der Waals surface area contributed by atoms with Crippen LogP contribution in [0.1, 0.15) is 17.7 Å². The highest BCUT2D eigenvalue weighted by atomic mass is 35.5. The first-order valence-corrected chi connectivity index (χ1v) is 7.52.